The molecule has 1 saturated heterocycles. The van der Waals surface area contributed by atoms with Crippen molar-refractivity contribution in [1.29, 1.82) is 0 Å². The molecule has 4 heteroatoms. The van der Waals surface area contributed by atoms with Crippen LogP contribution in [0.5, 0.6) is 0 Å². The van der Waals surface area contributed by atoms with E-state index in [0.717, 1.165) is 19.6 Å². The Hall–Kier alpha value is -0.870. The van der Waals surface area contributed by atoms with Crippen molar-refractivity contribution in [3.05, 3.63) is 22.4 Å². The number of rotatable bonds is 6. The van der Waals surface area contributed by atoms with Gasteiger partial charge in [-0.15, -0.1) is 11.3 Å². The molecule has 0 aromatic carbocycles. The lowest BCUT2D eigenvalue weighted by molar-refractivity contribution is -0.147. The zero-order chi connectivity index (χ0) is 16.6. The number of thiophene rings is 1. The van der Waals surface area contributed by atoms with Crippen molar-refractivity contribution in [3.63, 3.8) is 0 Å². The Balaban J connectivity index is 1.53. The first-order chi connectivity index (χ1) is 11.8. The number of likely N-dealkylation sites (tertiary alicyclic amines) is 1. The zero-order valence-electron chi connectivity index (χ0n) is 14.8. The van der Waals surface area contributed by atoms with Gasteiger partial charge in [0.2, 0.25) is 0 Å². The van der Waals surface area contributed by atoms with Gasteiger partial charge in [0.1, 0.15) is 6.61 Å². The third kappa shape index (κ3) is 5.06. The van der Waals surface area contributed by atoms with Gasteiger partial charge in [-0.25, -0.2) is 0 Å². The highest BCUT2D eigenvalue weighted by molar-refractivity contribution is 7.10. The molecule has 134 valence electrons. The van der Waals surface area contributed by atoms with Crippen molar-refractivity contribution < 1.29 is 9.53 Å². The fraction of sp³-hybridized carbons (Fsp3) is 0.750. The van der Waals surface area contributed by atoms with Crippen LogP contribution >= 0.6 is 11.3 Å². The molecule has 0 spiro atoms. The first-order valence-corrected chi connectivity index (χ1v) is 10.6. The maximum Gasteiger partial charge on any atom is 0.314 e. The van der Waals surface area contributed by atoms with E-state index in [0.29, 0.717) is 12.5 Å². The topological polar surface area (TPSA) is 29.5 Å². The van der Waals surface area contributed by atoms with Crippen molar-refractivity contribution in [2.75, 3.05) is 26.2 Å². The molecule has 0 radical (unpaired) electrons. The summed E-state index contributed by atoms with van der Waals surface area (Å²) in [5.41, 5.74) is 0. The van der Waals surface area contributed by atoms with Crippen LogP contribution in [0, 0.1) is 5.92 Å². The normalized spacial score (nSPS) is 22.0. The van der Waals surface area contributed by atoms with E-state index in [1.807, 2.05) is 0 Å². The van der Waals surface area contributed by atoms with Gasteiger partial charge in [0.25, 0.3) is 0 Å². The highest BCUT2D eigenvalue weighted by Gasteiger charge is 2.33. The lowest BCUT2D eigenvalue weighted by atomic mass is 9.79. The van der Waals surface area contributed by atoms with Crippen LogP contribution in [0.4, 0.5) is 0 Å². The number of esters is 1. The number of carbonyl (C=O) groups excluding carboxylic acids is 1. The van der Waals surface area contributed by atoms with Gasteiger partial charge < -0.3 is 4.74 Å². The number of hydrogen-bond acceptors (Lipinski definition) is 4. The number of carbonyl (C=O) groups is 1. The van der Waals surface area contributed by atoms with E-state index in [-0.39, 0.29) is 11.9 Å². The predicted octanol–water partition coefficient (Wildman–Crippen LogP) is 4.83. The van der Waals surface area contributed by atoms with E-state index in [4.69, 9.17) is 4.74 Å². The summed E-state index contributed by atoms with van der Waals surface area (Å²) in [5, 5.41) is 2.08. The largest absolute Gasteiger partial charge is 0.464 e. The molecule has 3 rings (SSSR count). The zero-order valence-corrected chi connectivity index (χ0v) is 15.6. The minimum Gasteiger partial charge on any atom is -0.464 e. The molecule has 1 aliphatic carbocycles. The molecule has 24 heavy (non-hydrogen) atoms. The van der Waals surface area contributed by atoms with E-state index >= 15 is 0 Å². The summed E-state index contributed by atoms with van der Waals surface area (Å²) in [7, 11) is 0. The molecule has 1 aromatic heterocycles. The second-order valence-corrected chi connectivity index (χ2v) is 8.29. The molecule has 1 aliphatic heterocycles. The third-order valence-corrected chi connectivity index (χ3v) is 6.53. The average Bonchev–Trinajstić information content (AvgIpc) is 3.00. The highest BCUT2D eigenvalue weighted by Crippen LogP contribution is 2.38. The Morgan fingerprint density at radius 1 is 1.12 bits per heavy atom. The van der Waals surface area contributed by atoms with Crippen LogP contribution in [-0.2, 0) is 9.53 Å². The molecule has 0 bridgehead atoms. The average molecular weight is 350 g/mol. The van der Waals surface area contributed by atoms with E-state index < -0.39 is 0 Å². The molecule has 2 heterocycles. The summed E-state index contributed by atoms with van der Waals surface area (Å²) in [6.07, 6.45) is 11.4. The van der Waals surface area contributed by atoms with Crippen LogP contribution in [0.25, 0.3) is 0 Å². The Labute approximate surface area is 150 Å². The van der Waals surface area contributed by atoms with Gasteiger partial charge in [-0.05, 0) is 56.1 Å². The number of hydrogen-bond donors (Lipinski definition) is 0. The van der Waals surface area contributed by atoms with E-state index in [2.05, 4.69) is 22.4 Å². The maximum atomic E-state index is 12.8. The molecule has 3 nitrogen and oxygen atoms in total. The molecule has 1 unspecified atom stereocenters. The first-order valence-electron chi connectivity index (χ1n) is 9.77. The SMILES string of the molecule is O=C(OCCN1CCCCCC1)C(c1cccs1)C1CCCCC1. The Bertz CT molecular complexity index is 474. The van der Waals surface area contributed by atoms with Crippen molar-refractivity contribution in [3.8, 4) is 0 Å². The van der Waals surface area contributed by atoms with Crippen LogP contribution in [0.1, 0.15) is 68.6 Å². The highest BCUT2D eigenvalue weighted by atomic mass is 32.1. The van der Waals surface area contributed by atoms with E-state index in [1.165, 1.54) is 62.7 Å². The number of nitrogens with zero attached hydrogens (tertiary/aromatic N) is 1. The van der Waals surface area contributed by atoms with Gasteiger partial charge in [0, 0.05) is 11.4 Å². The predicted molar refractivity (Wildman–Crippen MR) is 99.5 cm³/mol. The summed E-state index contributed by atoms with van der Waals surface area (Å²) in [6, 6.07) is 4.17. The Morgan fingerprint density at radius 3 is 2.50 bits per heavy atom. The molecule has 2 fully saturated rings. The molecule has 1 atom stereocenters. The maximum absolute atomic E-state index is 12.8. The fourth-order valence-electron chi connectivity index (χ4n) is 4.20. The lowest BCUT2D eigenvalue weighted by Gasteiger charge is -2.28. The van der Waals surface area contributed by atoms with Crippen LogP contribution in [-0.4, -0.2) is 37.1 Å². The molecule has 1 aromatic rings. The summed E-state index contributed by atoms with van der Waals surface area (Å²) >= 11 is 1.71. The monoisotopic (exact) mass is 349 g/mol. The molecule has 0 amide bonds. The fourth-order valence-corrected chi connectivity index (χ4v) is 5.11. The quantitative estimate of drug-likeness (QED) is 0.689. The van der Waals surface area contributed by atoms with Crippen LogP contribution in [0.15, 0.2) is 17.5 Å². The second kappa shape index (κ2) is 9.57. The minimum atomic E-state index is -0.0329. The van der Waals surface area contributed by atoms with Crippen molar-refractivity contribution in [1.82, 2.24) is 4.90 Å². The summed E-state index contributed by atoms with van der Waals surface area (Å²) in [6.45, 7) is 3.77. The van der Waals surface area contributed by atoms with Gasteiger partial charge in [-0.3, -0.25) is 9.69 Å². The summed E-state index contributed by atoms with van der Waals surface area (Å²) in [4.78, 5) is 16.5. The molecule has 2 aliphatic rings. The molecular formula is C20H31NO2S. The third-order valence-electron chi connectivity index (χ3n) is 5.58. The standard InChI is InChI=1S/C20H31NO2S/c22-20(23-15-14-21-12-6-1-2-7-13-21)19(18-11-8-16-24-18)17-9-4-3-5-10-17/h8,11,16-17,19H,1-7,9-10,12-15H2. The second-order valence-electron chi connectivity index (χ2n) is 7.31. The van der Waals surface area contributed by atoms with Gasteiger partial charge >= 0.3 is 5.97 Å². The van der Waals surface area contributed by atoms with Crippen molar-refractivity contribution in [2.24, 2.45) is 5.92 Å². The van der Waals surface area contributed by atoms with Gasteiger partial charge in [0.15, 0.2) is 0 Å². The molecule has 1 saturated carbocycles. The Morgan fingerprint density at radius 2 is 1.83 bits per heavy atom. The Kier molecular flexibility index (Phi) is 7.15. The van der Waals surface area contributed by atoms with Crippen molar-refractivity contribution >= 4 is 17.3 Å². The number of ether oxygens (including phenoxy) is 1. The molecule has 0 N–H and O–H groups in total. The van der Waals surface area contributed by atoms with E-state index in [9.17, 15) is 4.79 Å². The van der Waals surface area contributed by atoms with Gasteiger partial charge in [0.05, 0.1) is 5.92 Å². The van der Waals surface area contributed by atoms with Crippen LogP contribution < -0.4 is 0 Å². The lowest BCUT2D eigenvalue weighted by Crippen LogP contribution is -2.31. The first kappa shape index (κ1) is 17.9. The van der Waals surface area contributed by atoms with Crippen molar-refractivity contribution in [2.45, 2.75) is 63.7 Å². The van der Waals surface area contributed by atoms with Gasteiger partial charge in [-0.1, -0.05) is 38.2 Å². The summed E-state index contributed by atoms with van der Waals surface area (Å²) < 4.78 is 5.75. The smallest absolute Gasteiger partial charge is 0.314 e. The van der Waals surface area contributed by atoms with E-state index in [1.54, 1.807) is 11.3 Å². The molecular weight excluding hydrogens is 318 g/mol. The van der Waals surface area contributed by atoms with Crippen LogP contribution in [0.3, 0.4) is 0 Å². The van der Waals surface area contributed by atoms with Crippen LogP contribution in [0.2, 0.25) is 0 Å². The van der Waals surface area contributed by atoms with Gasteiger partial charge in [-0.2, -0.15) is 0 Å². The summed E-state index contributed by atoms with van der Waals surface area (Å²) in [5.74, 6) is 0.455. The minimum absolute atomic E-state index is 0.0131.